The van der Waals surface area contributed by atoms with Crippen molar-refractivity contribution in [1.82, 2.24) is 9.80 Å². The fraction of sp³-hybridized carbons (Fsp3) is 0.500. The molecule has 0 aliphatic carbocycles. The monoisotopic (exact) mass is 348 g/mol. The number of nitrogens with zero attached hydrogens (tertiary/aromatic N) is 2. The molecule has 0 aromatic heterocycles. The second-order valence-electron chi connectivity index (χ2n) is 5.83. The van der Waals surface area contributed by atoms with E-state index >= 15 is 0 Å². The van der Waals surface area contributed by atoms with Crippen LogP contribution in [0.25, 0.3) is 0 Å². The van der Waals surface area contributed by atoms with Gasteiger partial charge in [-0.15, -0.1) is 0 Å². The zero-order valence-electron chi connectivity index (χ0n) is 14.7. The number of hydrogen-bond acceptors (Lipinski definition) is 5. The first-order chi connectivity index (χ1) is 12.0. The fourth-order valence-electron chi connectivity index (χ4n) is 2.76. The van der Waals surface area contributed by atoms with Crippen molar-refractivity contribution in [2.24, 2.45) is 0 Å². The van der Waals surface area contributed by atoms with Gasteiger partial charge in [0.2, 0.25) is 5.91 Å². The van der Waals surface area contributed by atoms with E-state index in [1.807, 2.05) is 0 Å². The van der Waals surface area contributed by atoms with Crippen LogP contribution in [0, 0.1) is 0 Å². The standard InChI is InChI=1S/C18H24N2O5/c1-24-15-6-4-14(5-7-15)18(23)20-11-3-10-19(12-13-20)16(21)8-9-17(22)25-2/h4-7H,3,8-13H2,1-2H3. The zero-order valence-corrected chi connectivity index (χ0v) is 14.7. The van der Waals surface area contributed by atoms with Crippen LogP contribution in [-0.4, -0.2) is 68.0 Å². The van der Waals surface area contributed by atoms with Crippen molar-refractivity contribution in [3.8, 4) is 5.75 Å². The summed E-state index contributed by atoms with van der Waals surface area (Å²) in [5.74, 6) is 0.185. The predicted molar refractivity (Wildman–Crippen MR) is 91.3 cm³/mol. The van der Waals surface area contributed by atoms with Crippen molar-refractivity contribution in [1.29, 1.82) is 0 Å². The quantitative estimate of drug-likeness (QED) is 0.750. The molecule has 1 saturated heterocycles. The summed E-state index contributed by atoms with van der Waals surface area (Å²) in [4.78, 5) is 39.4. The molecule has 1 aliphatic heterocycles. The van der Waals surface area contributed by atoms with Gasteiger partial charge in [0.05, 0.1) is 20.6 Å². The molecule has 2 amide bonds. The van der Waals surface area contributed by atoms with E-state index in [2.05, 4.69) is 4.74 Å². The van der Waals surface area contributed by atoms with E-state index in [-0.39, 0.29) is 30.6 Å². The molecule has 0 saturated carbocycles. The van der Waals surface area contributed by atoms with E-state index < -0.39 is 0 Å². The molecule has 0 bridgehead atoms. The van der Waals surface area contributed by atoms with Crippen LogP contribution in [0.3, 0.4) is 0 Å². The van der Waals surface area contributed by atoms with E-state index in [9.17, 15) is 14.4 Å². The average molecular weight is 348 g/mol. The van der Waals surface area contributed by atoms with Gasteiger partial charge in [-0.05, 0) is 30.7 Å². The van der Waals surface area contributed by atoms with Crippen LogP contribution < -0.4 is 4.74 Å². The molecule has 2 rings (SSSR count). The summed E-state index contributed by atoms with van der Waals surface area (Å²) in [6.45, 7) is 2.15. The minimum Gasteiger partial charge on any atom is -0.497 e. The minimum atomic E-state index is -0.389. The van der Waals surface area contributed by atoms with Gasteiger partial charge < -0.3 is 19.3 Å². The molecule has 136 valence electrons. The van der Waals surface area contributed by atoms with Crippen LogP contribution >= 0.6 is 0 Å². The summed E-state index contributed by atoms with van der Waals surface area (Å²) in [6.07, 6.45) is 0.936. The van der Waals surface area contributed by atoms with Crippen molar-refractivity contribution in [2.75, 3.05) is 40.4 Å². The summed E-state index contributed by atoms with van der Waals surface area (Å²) in [7, 11) is 2.89. The van der Waals surface area contributed by atoms with Gasteiger partial charge in [0.25, 0.3) is 5.91 Å². The summed E-state index contributed by atoms with van der Waals surface area (Å²) >= 11 is 0. The highest BCUT2D eigenvalue weighted by Crippen LogP contribution is 2.15. The van der Waals surface area contributed by atoms with Crippen LogP contribution in [-0.2, 0) is 14.3 Å². The number of methoxy groups -OCH3 is 2. The molecule has 7 nitrogen and oxygen atoms in total. The number of hydrogen-bond donors (Lipinski definition) is 0. The Balaban J connectivity index is 1.90. The van der Waals surface area contributed by atoms with Crippen molar-refractivity contribution in [3.63, 3.8) is 0 Å². The molecule has 0 atom stereocenters. The van der Waals surface area contributed by atoms with Crippen LogP contribution in [0.1, 0.15) is 29.6 Å². The molecule has 1 aromatic carbocycles. The summed E-state index contributed by atoms with van der Waals surface area (Å²) in [5.41, 5.74) is 0.603. The second kappa shape index (κ2) is 9.05. The third kappa shape index (κ3) is 5.20. The summed E-state index contributed by atoms with van der Waals surface area (Å²) < 4.78 is 9.66. The Morgan fingerprint density at radius 3 is 2.20 bits per heavy atom. The molecule has 1 fully saturated rings. The van der Waals surface area contributed by atoms with Crippen molar-refractivity contribution >= 4 is 17.8 Å². The molecule has 1 aromatic rings. The van der Waals surface area contributed by atoms with Gasteiger partial charge in [-0.1, -0.05) is 0 Å². The molecular formula is C18H24N2O5. The number of rotatable bonds is 5. The Morgan fingerprint density at radius 2 is 1.56 bits per heavy atom. The average Bonchev–Trinajstić information content (AvgIpc) is 2.91. The SMILES string of the molecule is COC(=O)CCC(=O)N1CCCN(C(=O)c2ccc(OC)cc2)CC1. The molecule has 0 radical (unpaired) electrons. The van der Waals surface area contributed by atoms with Gasteiger partial charge in [-0.2, -0.15) is 0 Å². The highest BCUT2D eigenvalue weighted by Gasteiger charge is 2.23. The lowest BCUT2D eigenvalue weighted by Crippen LogP contribution is -2.37. The van der Waals surface area contributed by atoms with Gasteiger partial charge in [-0.3, -0.25) is 14.4 Å². The number of ether oxygens (including phenoxy) is 2. The third-order valence-electron chi connectivity index (χ3n) is 4.24. The Kier molecular flexibility index (Phi) is 6.80. The molecular weight excluding hydrogens is 324 g/mol. The lowest BCUT2D eigenvalue weighted by molar-refractivity contribution is -0.143. The number of esters is 1. The van der Waals surface area contributed by atoms with Gasteiger partial charge in [0.15, 0.2) is 0 Å². The highest BCUT2D eigenvalue weighted by atomic mass is 16.5. The van der Waals surface area contributed by atoms with E-state index in [0.717, 1.165) is 0 Å². The normalized spacial score (nSPS) is 14.6. The maximum atomic E-state index is 12.6. The Bertz CT molecular complexity index is 614. The van der Waals surface area contributed by atoms with Gasteiger partial charge in [0.1, 0.15) is 5.75 Å². The number of carbonyl (C=O) groups excluding carboxylic acids is 3. The van der Waals surface area contributed by atoms with Crippen LogP contribution in [0.2, 0.25) is 0 Å². The third-order valence-corrected chi connectivity index (χ3v) is 4.24. The van der Waals surface area contributed by atoms with Gasteiger partial charge >= 0.3 is 5.97 Å². The smallest absolute Gasteiger partial charge is 0.306 e. The van der Waals surface area contributed by atoms with Crippen LogP contribution in [0.5, 0.6) is 5.75 Å². The fourth-order valence-corrected chi connectivity index (χ4v) is 2.76. The number of amides is 2. The first-order valence-corrected chi connectivity index (χ1v) is 8.33. The lowest BCUT2D eigenvalue weighted by Gasteiger charge is -2.22. The van der Waals surface area contributed by atoms with E-state index in [1.54, 1.807) is 41.2 Å². The molecule has 0 spiro atoms. The molecule has 7 heteroatoms. The maximum Gasteiger partial charge on any atom is 0.306 e. The summed E-state index contributed by atoms with van der Waals surface area (Å²) in [6, 6.07) is 7.00. The molecule has 1 aliphatic rings. The minimum absolute atomic E-state index is 0.0495. The lowest BCUT2D eigenvalue weighted by atomic mass is 10.2. The first-order valence-electron chi connectivity index (χ1n) is 8.33. The maximum absolute atomic E-state index is 12.6. The first kappa shape index (κ1) is 18.8. The largest absolute Gasteiger partial charge is 0.497 e. The predicted octanol–water partition coefficient (Wildman–Crippen LogP) is 1.32. The van der Waals surface area contributed by atoms with E-state index in [0.29, 0.717) is 43.9 Å². The number of benzene rings is 1. The number of carbonyl (C=O) groups is 3. The van der Waals surface area contributed by atoms with Crippen molar-refractivity contribution < 1.29 is 23.9 Å². The van der Waals surface area contributed by atoms with E-state index in [1.165, 1.54) is 7.11 Å². The van der Waals surface area contributed by atoms with E-state index in [4.69, 9.17) is 4.74 Å². The van der Waals surface area contributed by atoms with Crippen LogP contribution in [0.15, 0.2) is 24.3 Å². The Hall–Kier alpha value is -2.57. The van der Waals surface area contributed by atoms with Crippen molar-refractivity contribution in [2.45, 2.75) is 19.3 Å². The molecule has 0 N–H and O–H groups in total. The second-order valence-corrected chi connectivity index (χ2v) is 5.83. The zero-order chi connectivity index (χ0) is 18.2. The molecule has 1 heterocycles. The highest BCUT2D eigenvalue weighted by molar-refractivity contribution is 5.94. The molecule has 0 unspecified atom stereocenters. The van der Waals surface area contributed by atoms with Gasteiger partial charge in [-0.25, -0.2) is 0 Å². The summed E-state index contributed by atoms with van der Waals surface area (Å²) in [5, 5.41) is 0. The Morgan fingerprint density at radius 1 is 0.920 bits per heavy atom. The van der Waals surface area contributed by atoms with Crippen LogP contribution in [0.4, 0.5) is 0 Å². The Labute approximate surface area is 147 Å². The molecule has 25 heavy (non-hydrogen) atoms. The van der Waals surface area contributed by atoms with Crippen molar-refractivity contribution in [3.05, 3.63) is 29.8 Å². The topological polar surface area (TPSA) is 76.2 Å². The van der Waals surface area contributed by atoms with Gasteiger partial charge in [0, 0.05) is 38.2 Å².